The van der Waals surface area contributed by atoms with E-state index >= 15 is 0 Å². The molecule has 0 spiro atoms. The first-order chi connectivity index (χ1) is 11.0. The molecule has 0 aliphatic carbocycles. The Kier molecular flexibility index (Phi) is 6.39. The highest BCUT2D eigenvalue weighted by Gasteiger charge is 2.23. The number of hydrogen-bond donors (Lipinski definition) is 2. The fraction of sp³-hybridized carbons (Fsp3) is 0.533. The summed E-state index contributed by atoms with van der Waals surface area (Å²) in [5.41, 5.74) is 0.313. The number of nitrogens with zero attached hydrogens (tertiary/aromatic N) is 2. The van der Waals surface area contributed by atoms with Gasteiger partial charge in [0.1, 0.15) is 4.90 Å². The molecular formula is C15H20ClN3O3S. The second kappa shape index (κ2) is 8.08. The highest BCUT2D eigenvalue weighted by atomic mass is 35.5. The Labute approximate surface area is 141 Å². The van der Waals surface area contributed by atoms with Crippen LogP contribution in [0, 0.1) is 11.3 Å². The summed E-state index contributed by atoms with van der Waals surface area (Å²) in [4.78, 5) is 2.07. The van der Waals surface area contributed by atoms with Gasteiger partial charge >= 0.3 is 0 Å². The van der Waals surface area contributed by atoms with Crippen molar-refractivity contribution in [2.24, 2.45) is 0 Å². The van der Waals surface area contributed by atoms with E-state index in [1.807, 2.05) is 6.07 Å². The number of hydrogen-bond acceptors (Lipinski definition) is 5. The number of piperidine rings is 1. The number of benzene rings is 1. The van der Waals surface area contributed by atoms with Crippen molar-refractivity contribution >= 4 is 21.6 Å². The molecule has 2 rings (SSSR count). The van der Waals surface area contributed by atoms with Crippen LogP contribution >= 0.6 is 11.6 Å². The highest BCUT2D eigenvalue weighted by Crippen LogP contribution is 2.22. The Hall–Kier alpha value is -1.17. The van der Waals surface area contributed by atoms with Crippen molar-refractivity contribution in [3.8, 4) is 6.07 Å². The quantitative estimate of drug-likeness (QED) is 0.801. The molecule has 1 saturated heterocycles. The van der Waals surface area contributed by atoms with Crippen LogP contribution in [0.5, 0.6) is 0 Å². The number of nitriles is 1. The van der Waals surface area contributed by atoms with Gasteiger partial charge in [-0.05, 0) is 37.6 Å². The maximum Gasteiger partial charge on any atom is 0.242 e. The maximum atomic E-state index is 12.3. The van der Waals surface area contributed by atoms with Crippen LogP contribution in [0.15, 0.2) is 23.1 Å². The van der Waals surface area contributed by atoms with E-state index in [-0.39, 0.29) is 29.1 Å². The zero-order valence-corrected chi connectivity index (χ0v) is 14.3. The summed E-state index contributed by atoms with van der Waals surface area (Å²) in [6.07, 6.45) is 3.09. The summed E-state index contributed by atoms with van der Waals surface area (Å²) < 4.78 is 27.1. The number of aliphatic hydroxyl groups is 1. The molecule has 0 aromatic heterocycles. The second-order valence-corrected chi connectivity index (χ2v) is 7.67. The molecule has 126 valence electrons. The third-order valence-electron chi connectivity index (χ3n) is 4.00. The summed E-state index contributed by atoms with van der Waals surface area (Å²) in [6, 6.07) is 6.11. The minimum atomic E-state index is -3.72. The molecule has 0 bridgehead atoms. The van der Waals surface area contributed by atoms with Crippen LogP contribution < -0.4 is 4.72 Å². The van der Waals surface area contributed by atoms with Crippen molar-refractivity contribution in [1.82, 2.24) is 9.62 Å². The van der Waals surface area contributed by atoms with E-state index in [0.29, 0.717) is 12.1 Å². The van der Waals surface area contributed by atoms with Gasteiger partial charge in [0.15, 0.2) is 0 Å². The summed E-state index contributed by atoms with van der Waals surface area (Å²) in [5, 5.41) is 18.2. The molecule has 8 heteroatoms. The van der Waals surface area contributed by atoms with E-state index in [0.717, 1.165) is 25.8 Å². The zero-order valence-electron chi connectivity index (χ0n) is 12.7. The molecule has 0 saturated carbocycles. The van der Waals surface area contributed by atoms with Crippen molar-refractivity contribution < 1.29 is 13.5 Å². The highest BCUT2D eigenvalue weighted by molar-refractivity contribution is 7.89. The first-order valence-electron chi connectivity index (χ1n) is 7.52. The lowest BCUT2D eigenvalue weighted by molar-refractivity contribution is 0.0923. The minimum Gasteiger partial charge on any atom is -0.395 e. The molecule has 1 aliphatic heterocycles. The Bertz CT molecular complexity index is 688. The van der Waals surface area contributed by atoms with Crippen LogP contribution in [0.3, 0.4) is 0 Å². The molecule has 1 atom stereocenters. The molecule has 1 aromatic rings. The van der Waals surface area contributed by atoms with Gasteiger partial charge in [0.25, 0.3) is 0 Å². The van der Waals surface area contributed by atoms with Gasteiger partial charge in [0, 0.05) is 19.1 Å². The lowest BCUT2D eigenvalue weighted by Crippen LogP contribution is -2.45. The lowest BCUT2D eigenvalue weighted by Gasteiger charge is -2.34. The average Bonchev–Trinajstić information content (AvgIpc) is 2.54. The fourth-order valence-corrected chi connectivity index (χ4v) is 4.31. The largest absolute Gasteiger partial charge is 0.395 e. The van der Waals surface area contributed by atoms with Crippen LogP contribution in [0.25, 0.3) is 0 Å². The minimum absolute atomic E-state index is 0.0303. The van der Waals surface area contributed by atoms with Gasteiger partial charge in [0.05, 0.1) is 23.3 Å². The van der Waals surface area contributed by atoms with Crippen LogP contribution in [0.2, 0.25) is 5.02 Å². The Morgan fingerprint density at radius 3 is 2.87 bits per heavy atom. The van der Waals surface area contributed by atoms with Crippen LogP contribution in [0.1, 0.15) is 24.8 Å². The Morgan fingerprint density at radius 1 is 1.43 bits per heavy atom. The molecular weight excluding hydrogens is 338 g/mol. The summed E-state index contributed by atoms with van der Waals surface area (Å²) >= 11 is 5.95. The predicted octanol–water partition coefficient (Wildman–Crippen LogP) is 1.34. The van der Waals surface area contributed by atoms with E-state index in [4.69, 9.17) is 16.9 Å². The van der Waals surface area contributed by atoms with Gasteiger partial charge in [0.2, 0.25) is 10.0 Å². The van der Waals surface area contributed by atoms with Crippen molar-refractivity contribution in [2.75, 3.05) is 26.2 Å². The van der Waals surface area contributed by atoms with Crippen molar-refractivity contribution in [3.63, 3.8) is 0 Å². The van der Waals surface area contributed by atoms with Crippen molar-refractivity contribution in [1.29, 1.82) is 5.26 Å². The normalized spacial score (nSPS) is 19.4. The Balaban J connectivity index is 1.98. The average molecular weight is 358 g/mol. The third-order valence-corrected chi connectivity index (χ3v) is 5.95. The molecule has 1 unspecified atom stereocenters. The van der Waals surface area contributed by atoms with Crippen molar-refractivity contribution in [2.45, 2.75) is 30.2 Å². The number of sulfonamides is 1. The molecule has 2 N–H and O–H groups in total. The first kappa shape index (κ1) is 18.2. The molecule has 23 heavy (non-hydrogen) atoms. The van der Waals surface area contributed by atoms with E-state index in [1.54, 1.807) is 0 Å². The molecule has 0 amide bonds. The SMILES string of the molecule is N#Cc1ccc(S(=O)(=O)NCCN2CCCCC2CO)c(Cl)c1. The van der Waals surface area contributed by atoms with Gasteiger partial charge in [-0.25, -0.2) is 13.1 Å². The second-order valence-electron chi connectivity index (χ2n) is 5.52. The zero-order chi connectivity index (χ0) is 16.9. The van der Waals surface area contributed by atoms with Gasteiger partial charge < -0.3 is 5.11 Å². The Morgan fingerprint density at radius 2 is 2.22 bits per heavy atom. The third kappa shape index (κ3) is 4.66. The van der Waals surface area contributed by atoms with Crippen LogP contribution in [0.4, 0.5) is 0 Å². The molecule has 1 aliphatic rings. The molecule has 0 radical (unpaired) electrons. The van der Waals surface area contributed by atoms with Gasteiger partial charge in [-0.3, -0.25) is 4.90 Å². The van der Waals surface area contributed by atoms with E-state index in [2.05, 4.69) is 9.62 Å². The molecule has 1 fully saturated rings. The predicted molar refractivity (Wildman–Crippen MR) is 87.7 cm³/mol. The monoisotopic (exact) mass is 357 g/mol. The number of rotatable bonds is 6. The van der Waals surface area contributed by atoms with E-state index in [9.17, 15) is 13.5 Å². The summed E-state index contributed by atoms with van der Waals surface area (Å²) in [6.45, 7) is 1.74. The van der Waals surface area contributed by atoms with Gasteiger partial charge in [-0.1, -0.05) is 18.0 Å². The standard InChI is InChI=1S/C15H20ClN3O3S/c16-14-9-12(10-17)4-5-15(14)23(21,22)18-6-8-19-7-2-1-3-13(19)11-20/h4-5,9,13,18,20H,1-3,6-8,11H2. The molecule has 1 heterocycles. The number of nitrogens with one attached hydrogen (secondary N) is 1. The van der Waals surface area contributed by atoms with Crippen LogP contribution in [-0.2, 0) is 10.0 Å². The van der Waals surface area contributed by atoms with Crippen molar-refractivity contribution in [3.05, 3.63) is 28.8 Å². The fourth-order valence-electron chi connectivity index (χ4n) is 2.75. The number of aliphatic hydroxyl groups excluding tert-OH is 1. The smallest absolute Gasteiger partial charge is 0.242 e. The summed E-state index contributed by atoms with van der Waals surface area (Å²) in [5.74, 6) is 0. The summed E-state index contributed by atoms with van der Waals surface area (Å²) in [7, 11) is -3.72. The lowest BCUT2D eigenvalue weighted by atomic mass is 10.0. The maximum absolute atomic E-state index is 12.3. The number of halogens is 1. The molecule has 6 nitrogen and oxygen atoms in total. The first-order valence-corrected chi connectivity index (χ1v) is 9.38. The number of likely N-dealkylation sites (tertiary alicyclic amines) is 1. The van der Waals surface area contributed by atoms with Crippen LogP contribution in [-0.4, -0.2) is 50.7 Å². The topological polar surface area (TPSA) is 93.4 Å². The molecule has 1 aromatic carbocycles. The van der Waals surface area contributed by atoms with Gasteiger partial charge in [-0.2, -0.15) is 5.26 Å². The van der Waals surface area contributed by atoms with E-state index in [1.165, 1.54) is 18.2 Å². The van der Waals surface area contributed by atoms with E-state index < -0.39 is 10.0 Å². The van der Waals surface area contributed by atoms with Gasteiger partial charge in [-0.15, -0.1) is 0 Å².